The molecule has 43 heavy (non-hydrogen) atoms. The highest BCUT2D eigenvalue weighted by Gasteiger charge is 2.21. The van der Waals surface area contributed by atoms with Gasteiger partial charge in [-0.25, -0.2) is 4.79 Å². The summed E-state index contributed by atoms with van der Waals surface area (Å²) in [6.07, 6.45) is 34.0. The van der Waals surface area contributed by atoms with Crippen molar-refractivity contribution in [1.29, 1.82) is 0 Å². The standard InChI is InChI=1S/C37H72N4O2/c1-6-9-11-13-15-16-17-18-19-20-21-22-23-25-27-29-34-40(33-28-26-24-14-12-10-7-2)35-36(42)41(8-3)37(43)38-31-30-32-39(4)5/h15-16,18-19H,6-14,17,20-35H2,1-5H3,(H,38,43)/b16-15-,19-18-. The molecule has 252 valence electrons. The largest absolute Gasteiger partial charge is 0.338 e. The number of carbonyl (C=O) groups excluding carboxylic acids is 2. The van der Waals surface area contributed by atoms with Crippen LogP contribution < -0.4 is 5.32 Å². The summed E-state index contributed by atoms with van der Waals surface area (Å²) < 4.78 is 0. The van der Waals surface area contributed by atoms with Crippen LogP contribution in [0.4, 0.5) is 4.79 Å². The van der Waals surface area contributed by atoms with Crippen LogP contribution in [0.25, 0.3) is 0 Å². The lowest BCUT2D eigenvalue weighted by atomic mass is 10.1. The zero-order valence-electron chi connectivity index (χ0n) is 29.4. The summed E-state index contributed by atoms with van der Waals surface area (Å²) in [5.41, 5.74) is 0. The van der Waals surface area contributed by atoms with Crippen molar-refractivity contribution in [2.75, 3.05) is 53.4 Å². The van der Waals surface area contributed by atoms with Crippen LogP contribution in [0.2, 0.25) is 0 Å². The molecule has 0 heterocycles. The van der Waals surface area contributed by atoms with Gasteiger partial charge in [-0.05, 0) is 92.0 Å². The Labute approximate surface area is 268 Å². The summed E-state index contributed by atoms with van der Waals surface area (Å²) in [7, 11) is 4.05. The number of unbranched alkanes of at least 4 members (excludes halogenated alkanes) is 15. The van der Waals surface area contributed by atoms with Crippen LogP contribution in [0.15, 0.2) is 24.3 Å². The molecule has 0 bridgehead atoms. The molecule has 0 aliphatic rings. The minimum Gasteiger partial charge on any atom is -0.338 e. The summed E-state index contributed by atoms with van der Waals surface area (Å²) in [6.45, 7) is 10.6. The smallest absolute Gasteiger partial charge is 0.324 e. The van der Waals surface area contributed by atoms with Gasteiger partial charge in [0, 0.05) is 13.1 Å². The van der Waals surface area contributed by atoms with E-state index in [4.69, 9.17) is 0 Å². The highest BCUT2D eigenvalue weighted by Crippen LogP contribution is 2.11. The predicted molar refractivity (Wildman–Crippen MR) is 188 cm³/mol. The van der Waals surface area contributed by atoms with Gasteiger partial charge in [-0.15, -0.1) is 0 Å². The molecule has 0 aromatic heterocycles. The molecule has 0 aromatic rings. The number of allylic oxidation sites excluding steroid dienone is 4. The lowest BCUT2D eigenvalue weighted by Crippen LogP contribution is -2.48. The molecule has 0 unspecified atom stereocenters. The molecule has 0 rings (SSSR count). The molecule has 0 saturated heterocycles. The van der Waals surface area contributed by atoms with Crippen LogP contribution in [0.1, 0.15) is 149 Å². The first-order chi connectivity index (χ1) is 21.0. The van der Waals surface area contributed by atoms with Crippen LogP contribution in [-0.4, -0.2) is 80.0 Å². The maximum absolute atomic E-state index is 13.2. The first-order valence-electron chi connectivity index (χ1n) is 18.2. The monoisotopic (exact) mass is 605 g/mol. The van der Waals surface area contributed by atoms with Crippen molar-refractivity contribution in [1.82, 2.24) is 20.0 Å². The molecular formula is C37H72N4O2. The van der Waals surface area contributed by atoms with E-state index in [1.807, 2.05) is 21.0 Å². The zero-order chi connectivity index (χ0) is 31.8. The van der Waals surface area contributed by atoms with Crippen molar-refractivity contribution in [2.24, 2.45) is 0 Å². The Bertz CT molecular complexity index is 692. The Morgan fingerprint density at radius 1 is 0.581 bits per heavy atom. The third-order valence-electron chi connectivity index (χ3n) is 8.03. The third kappa shape index (κ3) is 27.6. The fourth-order valence-electron chi connectivity index (χ4n) is 5.28. The fraction of sp³-hybridized carbons (Fsp3) is 0.838. The van der Waals surface area contributed by atoms with Crippen molar-refractivity contribution in [3.05, 3.63) is 24.3 Å². The number of likely N-dealkylation sites (N-methyl/N-ethyl adjacent to an activating group) is 1. The Hall–Kier alpha value is -1.66. The number of nitrogens with zero attached hydrogens (tertiary/aromatic N) is 3. The quantitative estimate of drug-likeness (QED) is 0.0655. The molecule has 1 N–H and O–H groups in total. The second kappa shape index (κ2) is 31.8. The minimum atomic E-state index is -0.254. The topological polar surface area (TPSA) is 55.9 Å². The van der Waals surface area contributed by atoms with E-state index in [2.05, 4.69) is 53.3 Å². The van der Waals surface area contributed by atoms with Crippen LogP contribution >= 0.6 is 0 Å². The molecule has 3 amide bonds. The van der Waals surface area contributed by atoms with Crippen molar-refractivity contribution in [3.8, 4) is 0 Å². The first-order valence-corrected chi connectivity index (χ1v) is 18.2. The van der Waals surface area contributed by atoms with Crippen molar-refractivity contribution >= 4 is 11.9 Å². The number of amides is 3. The lowest BCUT2D eigenvalue weighted by Gasteiger charge is -2.26. The second-order valence-electron chi connectivity index (χ2n) is 12.5. The van der Waals surface area contributed by atoms with Gasteiger partial charge in [0.15, 0.2) is 0 Å². The van der Waals surface area contributed by atoms with Crippen LogP contribution in [0.5, 0.6) is 0 Å². The highest BCUT2D eigenvalue weighted by molar-refractivity contribution is 5.95. The van der Waals surface area contributed by atoms with Crippen molar-refractivity contribution < 1.29 is 9.59 Å². The number of imide groups is 1. The highest BCUT2D eigenvalue weighted by atomic mass is 16.2. The van der Waals surface area contributed by atoms with Gasteiger partial charge < -0.3 is 10.2 Å². The number of carbonyl (C=O) groups is 2. The van der Waals surface area contributed by atoms with Gasteiger partial charge in [0.05, 0.1) is 6.54 Å². The SMILES string of the molecule is CCCCC/C=C\C/C=C\CCCCCCCCN(CCCCCCCCC)CC(=O)N(CC)C(=O)NCCCN(C)C. The van der Waals surface area contributed by atoms with Gasteiger partial charge in [0.1, 0.15) is 0 Å². The summed E-state index contributed by atoms with van der Waals surface area (Å²) >= 11 is 0. The fourth-order valence-corrected chi connectivity index (χ4v) is 5.28. The van der Waals surface area contributed by atoms with E-state index in [0.29, 0.717) is 19.6 Å². The minimum absolute atomic E-state index is 0.0735. The predicted octanol–water partition coefficient (Wildman–Crippen LogP) is 9.36. The van der Waals surface area contributed by atoms with Crippen molar-refractivity contribution in [2.45, 2.75) is 149 Å². The Balaban J connectivity index is 4.39. The van der Waals surface area contributed by atoms with Gasteiger partial charge in [-0.1, -0.05) is 115 Å². The Kier molecular flexibility index (Phi) is 30.5. The summed E-state index contributed by atoms with van der Waals surface area (Å²) in [5.74, 6) is -0.0735. The molecule has 0 aliphatic carbocycles. The van der Waals surface area contributed by atoms with Gasteiger partial charge in [-0.3, -0.25) is 14.6 Å². The third-order valence-corrected chi connectivity index (χ3v) is 8.03. The van der Waals surface area contributed by atoms with Crippen LogP contribution in [0.3, 0.4) is 0 Å². The number of hydrogen-bond donors (Lipinski definition) is 1. The molecular weight excluding hydrogens is 532 g/mol. The maximum Gasteiger partial charge on any atom is 0.324 e. The van der Waals surface area contributed by atoms with Gasteiger partial charge >= 0.3 is 6.03 Å². The molecule has 0 aromatic carbocycles. The van der Waals surface area contributed by atoms with Crippen LogP contribution in [0, 0.1) is 0 Å². The van der Waals surface area contributed by atoms with Gasteiger partial charge in [0.2, 0.25) is 5.91 Å². The van der Waals surface area contributed by atoms with E-state index in [9.17, 15) is 9.59 Å². The number of urea groups is 1. The van der Waals surface area contributed by atoms with Crippen LogP contribution in [-0.2, 0) is 4.79 Å². The molecule has 0 spiro atoms. The Morgan fingerprint density at radius 3 is 1.60 bits per heavy atom. The van der Waals surface area contributed by atoms with E-state index in [-0.39, 0.29) is 11.9 Å². The summed E-state index contributed by atoms with van der Waals surface area (Å²) in [4.78, 5) is 31.7. The second-order valence-corrected chi connectivity index (χ2v) is 12.5. The lowest BCUT2D eigenvalue weighted by molar-refractivity contribution is -0.129. The summed E-state index contributed by atoms with van der Waals surface area (Å²) in [6, 6.07) is -0.254. The van der Waals surface area contributed by atoms with Gasteiger partial charge in [0.25, 0.3) is 0 Å². The zero-order valence-corrected chi connectivity index (χ0v) is 29.4. The first kappa shape index (κ1) is 41.3. The normalized spacial score (nSPS) is 11.9. The van der Waals surface area contributed by atoms with E-state index in [1.54, 1.807) is 0 Å². The molecule has 0 atom stereocenters. The molecule has 0 radical (unpaired) electrons. The Morgan fingerprint density at radius 2 is 1.07 bits per heavy atom. The summed E-state index contributed by atoms with van der Waals surface area (Å²) in [5, 5.41) is 2.94. The molecule has 0 aliphatic heterocycles. The van der Waals surface area contributed by atoms with E-state index in [0.717, 1.165) is 45.3 Å². The number of hydrogen-bond acceptors (Lipinski definition) is 4. The van der Waals surface area contributed by atoms with Crippen molar-refractivity contribution in [3.63, 3.8) is 0 Å². The molecule has 6 heteroatoms. The molecule has 6 nitrogen and oxygen atoms in total. The number of nitrogens with one attached hydrogen (secondary N) is 1. The molecule has 0 fully saturated rings. The molecule has 0 saturated carbocycles. The average Bonchev–Trinajstić information content (AvgIpc) is 2.98. The van der Waals surface area contributed by atoms with E-state index < -0.39 is 0 Å². The van der Waals surface area contributed by atoms with Gasteiger partial charge in [-0.2, -0.15) is 0 Å². The van der Waals surface area contributed by atoms with E-state index in [1.165, 1.54) is 108 Å². The maximum atomic E-state index is 13.2. The van der Waals surface area contributed by atoms with E-state index >= 15 is 0 Å². The number of rotatable bonds is 30. The average molecular weight is 605 g/mol.